The first-order valence-corrected chi connectivity index (χ1v) is 12.6. The minimum absolute atomic E-state index is 0.0327. The Morgan fingerprint density at radius 3 is 2.36 bits per heavy atom. The Kier molecular flexibility index (Phi) is 5.74. The lowest BCUT2D eigenvalue weighted by molar-refractivity contribution is -0.175. The number of imide groups is 1. The van der Waals surface area contributed by atoms with E-state index < -0.39 is 24.0 Å². The Labute approximate surface area is 196 Å². The van der Waals surface area contributed by atoms with Gasteiger partial charge in [0.05, 0.1) is 5.41 Å². The highest BCUT2D eigenvalue weighted by Gasteiger charge is 2.61. The van der Waals surface area contributed by atoms with Gasteiger partial charge in [0.2, 0.25) is 0 Å². The number of hydrogen-bond donors (Lipinski definition) is 2. The van der Waals surface area contributed by atoms with E-state index >= 15 is 0 Å². The minimum atomic E-state index is -0.563. The molecule has 33 heavy (non-hydrogen) atoms. The van der Waals surface area contributed by atoms with Crippen molar-refractivity contribution in [3.63, 3.8) is 0 Å². The maximum Gasteiger partial charge on any atom is 0.321 e. The van der Waals surface area contributed by atoms with Crippen molar-refractivity contribution in [2.45, 2.75) is 89.5 Å². The summed E-state index contributed by atoms with van der Waals surface area (Å²) in [6, 6.07) is 6.42. The van der Waals surface area contributed by atoms with E-state index in [0.29, 0.717) is 11.8 Å². The van der Waals surface area contributed by atoms with Gasteiger partial charge in [-0.3, -0.25) is 14.9 Å². The van der Waals surface area contributed by atoms with E-state index in [-0.39, 0.29) is 17.4 Å². The summed E-state index contributed by atoms with van der Waals surface area (Å²) in [6.07, 6.45) is 10.1. The Bertz CT molecular complexity index is 951. The van der Waals surface area contributed by atoms with Gasteiger partial charge >= 0.3 is 12.0 Å². The van der Waals surface area contributed by atoms with Crippen LogP contribution in [0.2, 0.25) is 0 Å². The van der Waals surface area contributed by atoms with E-state index in [0.717, 1.165) is 57.8 Å². The van der Waals surface area contributed by atoms with E-state index in [2.05, 4.69) is 42.7 Å². The van der Waals surface area contributed by atoms with E-state index in [1.165, 1.54) is 23.1 Å². The molecule has 6 rings (SSSR count). The third-order valence-corrected chi connectivity index (χ3v) is 8.89. The molecule has 3 amide bonds. The van der Waals surface area contributed by atoms with Gasteiger partial charge in [-0.2, -0.15) is 0 Å². The fourth-order valence-corrected chi connectivity index (χ4v) is 7.65. The maximum absolute atomic E-state index is 13.4. The number of ether oxygens (including phenoxy) is 1. The molecule has 0 aromatic heterocycles. The van der Waals surface area contributed by atoms with Crippen LogP contribution in [-0.4, -0.2) is 30.6 Å². The molecule has 6 heteroatoms. The van der Waals surface area contributed by atoms with Gasteiger partial charge in [-0.25, -0.2) is 4.79 Å². The Morgan fingerprint density at radius 1 is 1.00 bits per heavy atom. The second-order valence-corrected chi connectivity index (χ2v) is 11.4. The van der Waals surface area contributed by atoms with Crippen LogP contribution in [0.5, 0.6) is 0 Å². The normalized spacial score (nSPS) is 32.5. The van der Waals surface area contributed by atoms with Crippen molar-refractivity contribution >= 4 is 17.9 Å². The lowest BCUT2D eigenvalue weighted by atomic mass is 9.43. The van der Waals surface area contributed by atoms with Gasteiger partial charge in [0, 0.05) is 6.04 Å². The fraction of sp³-hybridized carbons (Fsp3) is 0.667. The van der Waals surface area contributed by atoms with Crippen molar-refractivity contribution < 1.29 is 19.1 Å². The first-order valence-electron chi connectivity index (χ1n) is 12.6. The maximum atomic E-state index is 13.4. The van der Waals surface area contributed by atoms with Crippen molar-refractivity contribution in [3.05, 3.63) is 34.9 Å². The average molecular weight is 453 g/mol. The summed E-state index contributed by atoms with van der Waals surface area (Å²) in [7, 11) is 0. The molecule has 178 valence electrons. The summed E-state index contributed by atoms with van der Waals surface area (Å²) >= 11 is 0. The average Bonchev–Trinajstić information content (AvgIpc) is 3.25. The van der Waals surface area contributed by atoms with Gasteiger partial charge in [0.1, 0.15) is 0 Å². The van der Waals surface area contributed by atoms with Crippen LogP contribution >= 0.6 is 0 Å². The summed E-state index contributed by atoms with van der Waals surface area (Å²) in [5.41, 5.74) is 3.48. The molecule has 0 radical (unpaired) electrons. The number of carbonyl (C=O) groups excluding carboxylic acids is 3. The molecule has 2 N–H and O–H groups in total. The van der Waals surface area contributed by atoms with Crippen molar-refractivity contribution in [2.24, 2.45) is 17.3 Å². The molecule has 6 nitrogen and oxygen atoms in total. The van der Waals surface area contributed by atoms with Crippen LogP contribution in [0.15, 0.2) is 18.2 Å². The van der Waals surface area contributed by atoms with Crippen LogP contribution in [-0.2, 0) is 19.7 Å². The number of aryl methyl sites for hydroxylation is 2. The number of nitrogens with one attached hydrogen (secondary N) is 2. The Hall–Kier alpha value is -2.37. The fourth-order valence-electron chi connectivity index (χ4n) is 7.65. The first-order chi connectivity index (χ1) is 15.8. The minimum Gasteiger partial charge on any atom is -0.455 e. The summed E-state index contributed by atoms with van der Waals surface area (Å²) in [6.45, 7) is 3.90. The number of hydrogen-bond acceptors (Lipinski definition) is 4. The molecule has 5 aliphatic rings. The Balaban J connectivity index is 1.24. The van der Waals surface area contributed by atoms with E-state index in [1.54, 1.807) is 0 Å². The van der Waals surface area contributed by atoms with E-state index in [4.69, 9.17) is 4.74 Å². The van der Waals surface area contributed by atoms with Crippen LogP contribution in [0.25, 0.3) is 0 Å². The lowest BCUT2D eigenvalue weighted by Crippen LogP contribution is -2.57. The monoisotopic (exact) mass is 452 g/mol. The molecule has 5 fully saturated rings. The third-order valence-electron chi connectivity index (χ3n) is 8.89. The standard InChI is InChI=1S/C27H36N2O4/c1-17-7-8-21(9-18(17)2)26-11-19-10-20(12-26)14-27(13-19,16-26)24(31)33-15-23(30)29-25(32)28-22-5-3-4-6-22/h7-9,19-20,22H,3-6,10-16H2,1-2H3,(H2,28,29,30,32)/t19-,20-,26?,27?/m1/s1. The quantitative estimate of drug-likeness (QED) is 0.647. The zero-order chi connectivity index (χ0) is 23.2. The molecule has 0 spiro atoms. The number of carbonyl (C=O) groups is 3. The lowest BCUT2D eigenvalue weighted by Gasteiger charge is -2.61. The van der Waals surface area contributed by atoms with Gasteiger partial charge in [-0.15, -0.1) is 0 Å². The first kappa shape index (κ1) is 22.4. The zero-order valence-corrected chi connectivity index (χ0v) is 19.9. The van der Waals surface area contributed by atoms with Crippen molar-refractivity contribution in [1.29, 1.82) is 0 Å². The topological polar surface area (TPSA) is 84.5 Å². The number of amides is 3. The van der Waals surface area contributed by atoms with Crippen LogP contribution in [0, 0.1) is 31.1 Å². The predicted octanol–water partition coefficient (Wildman–Crippen LogP) is 4.45. The van der Waals surface area contributed by atoms with Crippen LogP contribution < -0.4 is 10.6 Å². The van der Waals surface area contributed by atoms with Crippen molar-refractivity contribution in [2.75, 3.05) is 6.61 Å². The SMILES string of the molecule is Cc1ccc(C23C[C@H]4C[C@@H](CC(C(=O)OCC(=O)NC(=O)NC5CCCC5)(C4)C2)C3)cc1C. The summed E-state index contributed by atoms with van der Waals surface area (Å²) in [5, 5.41) is 5.14. The zero-order valence-electron chi connectivity index (χ0n) is 19.9. The molecule has 5 saturated carbocycles. The van der Waals surface area contributed by atoms with Crippen LogP contribution in [0.1, 0.15) is 80.9 Å². The molecular weight excluding hydrogens is 416 g/mol. The molecule has 5 aliphatic carbocycles. The number of rotatable bonds is 5. The molecule has 2 atom stereocenters. The predicted molar refractivity (Wildman–Crippen MR) is 125 cm³/mol. The largest absolute Gasteiger partial charge is 0.455 e. The molecule has 1 aromatic carbocycles. The second kappa shape index (κ2) is 8.44. The smallest absolute Gasteiger partial charge is 0.321 e. The van der Waals surface area contributed by atoms with Gasteiger partial charge in [0.25, 0.3) is 5.91 Å². The van der Waals surface area contributed by atoms with E-state index in [1.807, 2.05) is 0 Å². The molecular formula is C27H36N2O4. The summed E-state index contributed by atoms with van der Waals surface area (Å²) < 4.78 is 5.55. The molecule has 0 unspecified atom stereocenters. The van der Waals surface area contributed by atoms with Crippen LogP contribution in [0.4, 0.5) is 4.79 Å². The summed E-state index contributed by atoms with van der Waals surface area (Å²) in [5.74, 6) is 0.251. The number of benzene rings is 1. The number of urea groups is 1. The highest BCUT2D eigenvalue weighted by atomic mass is 16.5. The van der Waals surface area contributed by atoms with E-state index in [9.17, 15) is 14.4 Å². The number of esters is 1. The molecule has 1 aromatic rings. The van der Waals surface area contributed by atoms with Crippen molar-refractivity contribution in [1.82, 2.24) is 10.6 Å². The van der Waals surface area contributed by atoms with Gasteiger partial charge in [-0.1, -0.05) is 31.0 Å². The Morgan fingerprint density at radius 2 is 1.70 bits per heavy atom. The highest BCUT2D eigenvalue weighted by molar-refractivity contribution is 5.95. The van der Waals surface area contributed by atoms with Gasteiger partial charge < -0.3 is 10.1 Å². The summed E-state index contributed by atoms with van der Waals surface area (Å²) in [4.78, 5) is 37.7. The molecule has 4 bridgehead atoms. The van der Waals surface area contributed by atoms with Gasteiger partial charge in [-0.05, 0) is 99.2 Å². The highest BCUT2D eigenvalue weighted by Crippen LogP contribution is 2.66. The third kappa shape index (κ3) is 4.29. The molecule has 0 heterocycles. The molecule has 0 saturated heterocycles. The molecule has 0 aliphatic heterocycles. The second-order valence-electron chi connectivity index (χ2n) is 11.4. The van der Waals surface area contributed by atoms with Crippen LogP contribution in [0.3, 0.4) is 0 Å². The van der Waals surface area contributed by atoms with Crippen molar-refractivity contribution in [3.8, 4) is 0 Å². The van der Waals surface area contributed by atoms with Gasteiger partial charge in [0.15, 0.2) is 6.61 Å².